The van der Waals surface area contributed by atoms with Gasteiger partial charge >= 0.3 is 12.1 Å². The van der Waals surface area contributed by atoms with Crippen LogP contribution in [0.5, 0.6) is 0 Å². The van der Waals surface area contributed by atoms with Gasteiger partial charge < -0.3 is 9.84 Å². The predicted octanol–water partition coefficient (Wildman–Crippen LogP) is 2.43. The molecule has 1 aromatic heterocycles. The second kappa shape index (κ2) is 3.69. The number of carbonyl (C=O) groups is 1. The van der Waals surface area contributed by atoms with Crippen LogP contribution in [-0.2, 0) is 16.5 Å². The van der Waals surface area contributed by atoms with Gasteiger partial charge in [-0.1, -0.05) is 0 Å². The van der Waals surface area contributed by atoms with Crippen molar-refractivity contribution in [3.63, 3.8) is 0 Å². The first kappa shape index (κ1) is 12.4. The average molecular weight is 273 g/mol. The fourth-order valence-corrected chi connectivity index (χ4v) is 2.78. The summed E-state index contributed by atoms with van der Waals surface area (Å²) in [5.41, 5.74) is -2.32. The molecule has 102 valence electrons. The van der Waals surface area contributed by atoms with Crippen molar-refractivity contribution in [3.8, 4) is 0 Å². The van der Waals surface area contributed by atoms with E-state index >= 15 is 0 Å². The van der Waals surface area contributed by atoms with E-state index in [1.165, 1.54) is 0 Å². The SMILES string of the molecule is O=C(O)c1ccc(C(F)(F)F)nc1C12CC(CO1)C2. The molecule has 0 atom stereocenters. The number of nitrogens with zero attached hydrogens (tertiary/aromatic N) is 1. The maximum absolute atomic E-state index is 12.7. The number of carboxylic acids is 1. The van der Waals surface area contributed by atoms with E-state index in [0.29, 0.717) is 31.4 Å². The Balaban J connectivity index is 2.11. The number of ether oxygens (including phenoxy) is 1. The van der Waals surface area contributed by atoms with Crippen molar-refractivity contribution in [3.05, 3.63) is 29.1 Å². The van der Waals surface area contributed by atoms with Crippen LogP contribution in [0.4, 0.5) is 13.2 Å². The standard InChI is InChI=1S/C12H10F3NO3/c13-12(14,15)8-2-1-7(10(17)18)9(16-8)11-3-6(4-11)5-19-11/h1-2,6H,3-5H2,(H,17,18). The van der Waals surface area contributed by atoms with Crippen molar-refractivity contribution in [1.29, 1.82) is 0 Å². The average Bonchev–Trinajstić information content (AvgIpc) is 2.86. The molecule has 1 aliphatic carbocycles. The van der Waals surface area contributed by atoms with E-state index in [1.54, 1.807) is 0 Å². The van der Waals surface area contributed by atoms with Gasteiger partial charge in [0.15, 0.2) is 0 Å². The molecule has 3 heterocycles. The monoisotopic (exact) mass is 273 g/mol. The molecule has 0 radical (unpaired) electrons. The highest BCUT2D eigenvalue weighted by atomic mass is 19.4. The number of aromatic nitrogens is 1. The first-order valence-electron chi connectivity index (χ1n) is 5.78. The Morgan fingerprint density at radius 1 is 1.42 bits per heavy atom. The van der Waals surface area contributed by atoms with Gasteiger partial charge in [0.1, 0.15) is 11.3 Å². The van der Waals surface area contributed by atoms with Crippen LogP contribution in [0.25, 0.3) is 0 Å². The van der Waals surface area contributed by atoms with Crippen LogP contribution in [-0.4, -0.2) is 22.7 Å². The summed E-state index contributed by atoms with van der Waals surface area (Å²) in [6.45, 7) is 0.455. The lowest BCUT2D eigenvalue weighted by molar-refractivity contribution is -0.141. The Kier molecular flexibility index (Phi) is 2.41. The molecule has 0 amide bonds. The lowest BCUT2D eigenvalue weighted by Crippen LogP contribution is -2.36. The van der Waals surface area contributed by atoms with Gasteiger partial charge in [0.25, 0.3) is 0 Å². The Labute approximate surface area is 106 Å². The maximum atomic E-state index is 12.7. The largest absolute Gasteiger partial charge is 0.478 e. The Hall–Kier alpha value is -1.63. The molecule has 7 heteroatoms. The molecule has 0 unspecified atom stereocenters. The fourth-order valence-electron chi connectivity index (χ4n) is 2.78. The normalized spacial score (nSPS) is 29.1. The number of aromatic carboxylic acids is 1. The van der Waals surface area contributed by atoms with Gasteiger partial charge in [0.2, 0.25) is 0 Å². The molecule has 4 rings (SSSR count). The number of halogens is 3. The van der Waals surface area contributed by atoms with Crippen LogP contribution in [0.1, 0.15) is 34.6 Å². The van der Waals surface area contributed by atoms with E-state index in [-0.39, 0.29) is 11.3 Å². The van der Waals surface area contributed by atoms with Crippen LogP contribution in [0.3, 0.4) is 0 Å². The molecular weight excluding hydrogens is 263 g/mol. The third-order valence-corrected chi connectivity index (χ3v) is 3.68. The molecule has 2 aliphatic heterocycles. The number of pyridine rings is 1. The van der Waals surface area contributed by atoms with Gasteiger partial charge in [-0.3, -0.25) is 0 Å². The van der Waals surface area contributed by atoms with Crippen molar-refractivity contribution in [2.45, 2.75) is 24.6 Å². The molecule has 1 saturated carbocycles. The van der Waals surface area contributed by atoms with Gasteiger partial charge in [-0.15, -0.1) is 0 Å². The Morgan fingerprint density at radius 3 is 2.58 bits per heavy atom. The molecule has 1 aromatic rings. The van der Waals surface area contributed by atoms with Crippen molar-refractivity contribution in [1.82, 2.24) is 4.98 Å². The summed E-state index contributed by atoms with van der Waals surface area (Å²) in [7, 11) is 0. The number of fused-ring (bicyclic) bond motifs is 1. The summed E-state index contributed by atoms with van der Waals surface area (Å²) in [5.74, 6) is -0.984. The van der Waals surface area contributed by atoms with E-state index in [1.807, 2.05) is 0 Å². The van der Waals surface area contributed by atoms with Gasteiger partial charge in [0.05, 0.1) is 17.9 Å². The smallest absolute Gasteiger partial charge is 0.433 e. The summed E-state index contributed by atoms with van der Waals surface area (Å²) < 4.78 is 43.5. The Bertz CT molecular complexity index is 544. The summed E-state index contributed by atoms with van der Waals surface area (Å²) in [6, 6.07) is 1.64. The van der Waals surface area contributed by atoms with E-state index in [4.69, 9.17) is 9.84 Å². The highest BCUT2D eigenvalue weighted by Crippen LogP contribution is 2.55. The van der Waals surface area contributed by atoms with Crippen molar-refractivity contribution in [2.24, 2.45) is 5.92 Å². The van der Waals surface area contributed by atoms with Crippen LogP contribution in [0.2, 0.25) is 0 Å². The number of hydrogen-bond acceptors (Lipinski definition) is 3. The summed E-state index contributed by atoms with van der Waals surface area (Å²) in [5, 5.41) is 9.07. The van der Waals surface area contributed by atoms with Gasteiger partial charge in [0, 0.05) is 0 Å². The molecule has 3 fully saturated rings. The van der Waals surface area contributed by atoms with Crippen molar-refractivity contribution < 1.29 is 27.8 Å². The quantitative estimate of drug-likeness (QED) is 0.899. The molecule has 2 saturated heterocycles. The van der Waals surface area contributed by atoms with E-state index in [9.17, 15) is 18.0 Å². The maximum Gasteiger partial charge on any atom is 0.433 e. The molecule has 0 aromatic carbocycles. The van der Waals surface area contributed by atoms with Crippen LogP contribution >= 0.6 is 0 Å². The predicted molar refractivity (Wildman–Crippen MR) is 56.6 cm³/mol. The third kappa shape index (κ3) is 1.80. The first-order chi connectivity index (χ1) is 8.82. The van der Waals surface area contributed by atoms with Gasteiger partial charge in [-0.05, 0) is 30.9 Å². The molecule has 0 spiro atoms. The fraction of sp³-hybridized carbons (Fsp3) is 0.500. The minimum Gasteiger partial charge on any atom is -0.478 e. The molecule has 4 nitrogen and oxygen atoms in total. The van der Waals surface area contributed by atoms with E-state index in [0.717, 1.165) is 6.07 Å². The molecule has 3 aliphatic rings. The minimum absolute atomic E-state index is 0.0939. The minimum atomic E-state index is -4.59. The van der Waals surface area contributed by atoms with Crippen molar-refractivity contribution >= 4 is 5.97 Å². The van der Waals surface area contributed by atoms with Gasteiger partial charge in [-0.25, -0.2) is 9.78 Å². The molecule has 19 heavy (non-hydrogen) atoms. The lowest BCUT2D eigenvalue weighted by Gasteiger charge is -2.36. The molecule has 2 bridgehead atoms. The summed E-state index contributed by atoms with van der Waals surface area (Å²) in [4.78, 5) is 14.6. The van der Waals surface area contributed by atoms with Gasteiger partial charge in [-0.2, -0.15) is 13.2 Å². The number of hydrogen-bond donors (Lipinski definition) is 1. The second-order valence-electron chi connectivity index (χ2n) is 4.98. The zero-order chi connectivity index (χ0) is 13.8. The number of carboxylic acid groups (broad SMARTS) is 1. The molecular formula is C12H10F3NO3. The second-order valence-corrected chi connectivity index (χ2v) is 4.98. The van der Waals surface area contributed by atoms with E-state index < -0.39 is 23.4 Å². The lowest BCUT2D eigenvalue weighted by atomic mass is 9.71. The van der Waals surface area contributed by atoms with Crippen LogP contribution in [0, 0.1) is 5.92 Å². The summed E-state index contributed by atoms with van der Waals surface area (Å²) in [6.07, 6.45) is -3.51. The highest BCUT2D eigenvalue weighted by Gasteiger charge is 2.56. The topological polar surface area (TPSA) is 59.4 Å². The molecule has 1 N–H and O–H groups in total. The third-order valence-electron chi connectivity index (χ3n) is 3.68. The zero-order valence-electron chi connectivity index (χ0n) is 9.70. The number of rotatable bonds is 2. The van der Waals surface area contributed by atoms with Crippen LogP contribution < -0.4 is 0 Å². The van der Waals surface area contributed by atoms with Crippen LogP contribution in [0.15, 0.2) is 12.1 Å². The Morgan fingerprint density at radius 2 is 2.11 bits per heavy atom. The highest BCUT2D eigenvalue weighted by molar-refractivity contribution is 5.89. The summed E-state index contributed by atoms with van der Waals surface area (Å²) >= 11 is 0. The van der Waals surface area contributed by atoms with Crippen molar-refractivity contribution in [2.75, 3.05) is 6.61 Å². The van der Waals surface area contributed by atoms with E-state index in [2.05, 4.69) is 4.98 Å². The first-order valence-corrected chi connectivity index (χ1v) is 5.78. The number of alkyl halides is 3. The zero-order valence-corrected chi connectivity index (χ0v) is 9.70.